The van der Waals surface area contributed by atoms with Crippen LogP contribution in [0.3, 0.4) is 0 Å². The van der Waals surface area contributed by atoms with Gasteiger partial charge in [-0.15, -0.1) is 34.9 Å². The smallest absolute Gasteiger partial charge is 0.165 e. The van der Waals surface area contributed by atoms with E-state index in [-0.39, 0.29) is 36.4 Å². The van der Waals surface area contributed by atoms with Gasteiger partial charge in [0.2, 0.25) is 0 Å². The fourth-order valence-electron chi connectivity index (χ4n) is 9.28. The Morgan fingerprint density at radius 1 is 0.359 bits per heavy atom. The summed E-state index contributed by atoms with van der Waals surface area (Å²) in [4.78, 5) is 20.9. The summed E-state index contributed by atoms with van der Waals surface area (Å²) >= 11 is 0. The molecular weight excluding hydrogens is 957 g/mol. The molecule has 0 unspecified atom stereocenters. The van der Waals surface area contributed by atoms with Crippen molar-refractivity contribution >= 4 is 0 Å². The Balaban J connectivity index is 0.00000518. The SMILES string of the molecule is CC1(C)c2c[c-]c(-c3ccc(-c4nc(-c5cc(-c6ccccc6)cc(-c6ccccc6)c5)nc(-c5cc(-c6ccccc6)cc(-c6ccccc6)c5)n4)cn3)cc2C(C)(C)C1(C)C.[Ir]. The maximum absolute atomic E-state index is 5.33. The Morgan fingerprint density at radius 2 is 0.719 bits per heavy atom. The van der Waals surface area contributed by atoms with Gasteiger partial charge in [0.15, 0.2) is 17.5 Å². The van der Waals surface area contributed by atoms with Gasteiger partial charge in [-0.05, 0) is 103 Å². The zero-order valence-corrected chi connectivity index (χ0v) is 39.4. The minimum absolute atomic E-state index is 0. The Hall–Kier alpha value is -6.65. The third-order valence-corrected chi connectivity index (χ3v) is 14.2. The third-order valence-electron chi connectivity index (χ3n) is 14.2. The van der Waals surface area contributed by atoms with E-state index in [9.17, 15) is 0 Å². The molecule has 0 bridgehead atoms. The van der Waals surface area contributed by atoms with Crippen molar-refractivity contribution < 1.29 is 20.1 Å². The summed E-state index contributed by atoms with van der Waals surface area (Å²) in [5.41, 5.74) is 16.0. The van der Waals surface area contributed by atoms with Crippen LogP contribution in [0, 0.1) is 11.5 Å². The van der Waals surface area contributed by atoms with Crippen LogP contribution in [-0.2, 0) is 30.9 Å². The average molecular weight is 1010 g/mol. The topological polar surface area (TPSA) is 51.6 Å². The number of nitrogens with zero attached hydrogens (tertiary/aromatic N) is 4. The molecule has 0 atom stereocenters. The molecule has 0 fully saturated rings. The third kappa shape index (κ3) is 7.63. The molecule has 5 heteroatoms. The van der Waals surface area contributed by atoms with E-state index < -0.39 is 0 Å². The number of aromatic nitrogens is 4. The summed E-state index contributed by atoms with van der Waals surface area (Å²) in [6, 6.07) is 67.5. The van der Waals surface area contributed by atoms with Gasteiger partial charge >= 0.3 is 0 Å². The summed E-state index contributed by atoms with van der Waals surface area (Å²) in [7, 11) is 0. The van der Waals surface area contributed by atoms with Gasteiger partial charge in [0.1, 0.15) is 0 Å². The molecule has 1 aliphatic carbocycles. The second-order valence-electron chi connectivity index (χ2n) is 18.3. The van der Waals surface area contributed by atoms with Gasteiger partial charge in [-0.1, -0.05) is 175 Å². The zero-order valence-electron chi connectivity index (χ0n) is 37.0. The van der Waals surface area contributed by atoms with Gasteiger partial charge in [0, 0.05) is 43.0 Å². The summed E-state index contributed by atoms with van der Waals surface area (Å²) in [5, 5.41) is 0. The van der Waals surface area contributed by atoms with E-state index in [2.05, 4.69) is 205 Å². The molecule has 64 heavy (non-hydrogen) atoms. The average Bonchev–Trinajstić information content (AvgIpc) is 3.44. The second-order valence-corrected chi connectivity index (χ2v) is 18.3. The fourth-order valence-corrected chi connectivity index (χ4v) is 9.28. The van der Waals surface area contributed by atoms with Gasteiger partial charge in [-0.2, -0.15) is 0 Å². The van der Waals surface area contributed by atoms with Crippen molar-refractivity contribution in [1.82, 2.24) is 19.9 Å². The van der Waals surface area contributed by atoms with E-state index in [4.69, 9.17) is 19.9 Å². The van der Waals surface area contributed by atoms with Crippen LogP contribution < -0.4 is 0 Å². The Kier molecular flexibility index (Phi) is 11.2. The molecule has 0 N–H and O–H groups in total. The predicted molar refractivity (Wildman–Crippen MR) is 260 cm³/mol. The van der Waals surface area contributed by atoms with Crippen LogP contribution in [-0.4, -0.2) is 19.9 Å². The van der Waals surface area contributed by atoms with Crippen LogP contribution in [0.1, 0.15) is 52.7 Å². The molecule has 7 aromatic carbocycles. The Morgan fingerprint density at radius 3 is 1.09 bits per heavy atom. The first-order valence-electron chi connectivity index (χ1n) is 21.8. The van der Waals surface area contributed by atoms with Crippen molar-refractivity contribution in [2.24, 2.45) is 5.41 Å². The van der Waals surface area contributed by atoms with Crippen molar-refractivity contribution in [2.75, 3.05) is 0 Å². The van der Waals surface area contributed by atoms with E-state index in [0.29, 0.717) is 17.5 Å². The molecule has 0 amide bonds. The van der Waals surface area contributed by atoms with Crippen LogP contribution in [0.15, 0.2) is 188 Å². The molecule has 9 aromatic rings. The van der Waals surface area contributed by atoms with Crippen LogP contribution in [0.4, 0.5) is 0 Å². The van der Waals surface area contributed by atoms with E-state index in [1.807, 2.05) is 30.5 Å². The van der Waals surface area contributed by atoms with Crippen LogP contribution in [0.25, 0.3) is 89.9 Å². The predicted octanol–water partition coefficient (Wildman–Crippen LogP) is 15.0. The number of rotatable bonds is 8. The quantitative estimate of drug-likeness (QED) is 0.142. The van der Waals surface area contributed by atoms with Crippen molar-refractivity contribution in [1.29, 1.82) is 0 Å². The molecule has 0 spiro atoms. The molecule has 2 heterocycles. The Bertz CT molecular complexity index is 2850. The second kappa shape index (κ2) is 16.8. The maximum Gasteiger partial charge on any atom is 0.165 e. The summed E-state index contributed by atoms with van der Waals surface area (Å²) < 4.78 is 0. The molecular formula is C59H49IrN4-. The van der Waals surface area contributed by atoms with E-state index in [1.165, 1.54) is 11.1 Å². The number of benzene rings is 7. The largest absolute Gasteiger partial charge is 0.304 e. The molecule has 0 saturated heterocycles. The number of fused-ring (bicyclic) bond motifs is 1. The summed E-state index contributed by atoms with van der Waals surface area (Å²) in [6.45, 7) is 14.2. The standard InChI is InChI=1S/C59H49N4.Ir/c1-57(2)51-29-27-43(37-52(51)58(3,4)59(57,5)6)53-30-28-44(38-60-53)54-61-55(49-33-45(39-19-11-7-12-20-39)31-46(34-49)40-21-13-8-14-22-40)63-56(62-54)50-35-47(41-23-15-9-16-24-41)32-48(36-50)42-25-17-10-18-26-42;/h7-26,28-38H,1-6H3;/q-1;. The molecule has 1 radical (unpaired) electrons. The molecule has 2 aromatic heterocycles. The molecule has 0 aliphatic heterocycles. The van der Waals surface area contributed by atoms with E-state index in [0.717, 1.165) is 72.5 Å². The van der Waals surface area contributed by atoms with Gasteiger partial charge in [0.25, 0.3) is 0 Å². The van der Waals surface area contributed by atoms with Crippen molar-refractivity contribution in [2.45, 2.75) is 52.4 Å². The van der Waals surface area contributed by atoms with Crippen LogP contribution in [0.2, 0.25) is 0 Å². The molecule has 10 rings (SSSR count). The molecule has 0 saturated carbocycles. The number of hydrogen-bond acceptors (Lipinski definition) is 4. The zero-order chi connectivity index (χ0) is 43.3. The monoisotopic (exact) mass is 1010 g/mol. The van der Waals surface area contributed by atoms with E-state index >= 15 is 0 Å². The molecule has 1 aliphatic rings. The van der Waals surface area contributed by atoms with Gasteiger partial charge in [-0.25, -0.2) is 15.0 Å². The van der Waals surface area contributed by atoms with Gasteiger partial charge < -0.3 is 4.98 Å². The minimum atomic E-state index is -0.0241. The summed E-state index contributed by atoms with van der Waals surface area (Å²) in [6.07, 6.45) is 1.89. The summed E-state index contributed by atoms with van der Waals surface area (Å²) in [5.74, 6) is 1.72. The van der Waals surface area contributed by atoms with Crippen molar-refractivity contribution in [3.05, 3.63) is 205 Å². The first-order chi connectivity index (χ1) is 30.5. The van der Waals surface area contributed by atoms with Crippen molar-refractivity contribution in [3.63, 3.8) is 0 Å². The number of pyridine rings is 1. The van der Waals surface area contributed by atoms with Gasteiger partial charge in [-0.3, -0.25) is 0 Å². The van der Waals surface area contributed by atoms with Crippen LogP contribution >= 0.6 is 0 Å². The van der Waals surface area contributed by atoms with Crippen molar-refractivity contribution in [3.8, 4) is 89.9 Å². The first-order valence-corrected chi connectivity index (χ1v) is 21.8. The number of hydrogen-bond donors (Lipinski definition) is 0. The maximum atomic E-state index is 5.33. The van der Waals surface area contributed by atoms with E-state index in [1.54, 1.807) is 0 Å². The minimum Gasteiger partial charge on any atom is -0.304 e. The first kappa shape index (κ1) is 42.6. The normalized spacial score (nSPS) is 14.3. The van der Waals surface area contributed by atoms with Gasteiger partial charge in [0.05, 0.1) is 0 Å². The van der Waals surface area contributed by atoms with Crippen LogP contribution in [0.5, 0.6) is 0 Å². The molecule has 4 nitrogen and oxygen atoms in total. The molecule has 315 valence electrons. The fraction of sp³-hybridized carbons (Fsp3) is 0.153. The Labute approximate surface area is 391 Å².